The van der Waals surface area contributed by atoms with Gasteiger partial charge in [-0.3, -0.25) is 4.79 Å². The van der Waals surface area contributed by atoms with Gasteiger partial charge in [0.15, 0.2) is 0 Å². The summed E-state index contributed by atoms with van der Waals surface area (Å²) in [7, 11) is 0. The Bertz CT molecular complexity index is 1040. The molecule has 0 amide bonds. The molecule has 0 bridgehead atoms. The highest BCUT2D eigenvalue weighted by Gasteiger charge is 2.16. The van der Waals surface area contributed by atoms with Crippen molar-refractivity contribution in [1.29, 1.82) is 0 Å². The molecule has 0 spiro atoms. The number of carbonyl (C=O) groups is 1. The van der Waals surface area contributed by atoms with Gasteiger partial charge in [-0.25, -0.2) is 0 Å². The van der Waals surface area contributed by atoms with Gasteiger partial charge in [-0.05, 0) is 11.1 Å². The number of nitrogens with one attached hydrogen (secondary N) is 1. The number of hydrogen-bond acceptors (Lipinski definition) is 3. The van der Waals surface area contributed by atoms with E-state index in [1.165, 1.54) is 4.68 Å². The van der Waals surface area contributed by atoms with Crippen molar-refractivity contribution in [3.8, 4) is 11.3 Å². The number of rotatable bonds is 6. The minimum atomic E-state index is -0.0658. The molecule has 0 fully saturated rings. The quantitative estimate of drug-likeness (QED) is 0.519. The summed E-state index contributed by atoms with van der Waals surface area (Å²) in [6.45, 7) is 0.624. The van der Waals surface area contributed by atoms with Crippen molar-refractivity contribution >= 4 is 11.7 Å². The van der Waals surface area contributed by atoms with Crippen LogP contribution in [0.2, 0.25) is 0 Å². The van der Waals surface area contributed by atoms with E-state index in [2.05, 4.69) is 22.5 Å². The van der Waals surface area contributed by atoms with E-state index >= 15 is 0 Å². The van der Waals surface area contributed by atoms with Gasteiger partial charge in [0, 0.05) is 18.2 Å². The molecule has 1 aromatic heterocycles. The average Bonchev–Trinajstić information content (AvgIpc) is 3.19. The molecule has 0 saturated carbocycles. The summed E-state index contributed by atoms with van der Waals surface area (Å²) in [5, 5.41) is 7.96. The van der Waals surface area contributed by atoms with E-state index in [9.17, 15) is 4.79 Å². The number of nitrogens with zero attached hydrogens (tertiary/aromatic N) is 2. The zero-order valence-corrected chi connectivity index (χ0v) is 15.5. The monoisotopic (exact) mass is 367 g/mol. The average molecular weight is 367 g/mol. The van der Waals surface area contributed by atoms with Gasteiger partial charge in [-0.1, -0.05) is 91.0 Å². The fraction of sp³-hybridized carbons (Fsp3) is 0.0833. The summed E-state index contributed by atoms with van der Waals surface area (Å²) in [5.41, 5.74) is 3.87. The number of aromatic nitrogens is 2. The highest BCUT2D eigenvalue weighted by Crippen LogP contribution is 2.22. The Labute approximate surface area is 164 Å². The van der Waals surface area contributed by atoms with Crippen molar-refractivity contribution in [2.75, 3.05) is 5.32 Å². The Balaban J connectivity index is 1.62. The van der Waals surface area contributed by atoms with Crippen LogP contribution in [-0.4, -0.2) is 15.7 Å². The second-order valence-electron chi connectivity index (χ2n) is 6.59. The lowest BCUT2D eigenvalue weighted by Gasteiger charge is -2.09. The molecule has 4 heteroatoms. The van der Waals surface area contributed by atoms with E-state index < -0.39 is 0 Å². The first-order valence-electron chi connectivity index (χ1n) is 9.30. The third kappa shape index (κ3) is 4.18. The molecule has 0 saturated heterocycles. The van der Waals surface area contributed by atoms with Gasteiger partial charge in [0.25, 0.3) is 5.91 Å². The van der Waals surface area contributed by atoms with Crippen LogP contribution in [0.25, 0.3) is 11.3 Å². The molecule has 0 aliphatic carbocycles. The Hall–Kier alpha value is -3.66. The van der Waals surface area contributed by atoms with Crippen LogP contribution in [0.15, 0.2) is 97.1 Å². The zero-order valence-electron chi connectivity index (χ0n) is 15.5. The van der Waals surface area contributed by atoms with Crippen LogP contribution >= 0.6 is 0 Å². The molecule has 4 rings (SSSR count). The summed E-state index contributed by atoms with van der Waals surface area (Å²) in [4.78, 5) is 13.0. The minimum Gasteiger partial charge on any atom is -0.366 e. The molecule has 0 aliphatic rings. The minimum absolute atomic E-state index is 0.0658. The Morgan fingerprint density at radius 3 is 2.00 bits per heavy atom. The molecule has 138 valence electrons. The van der Waals surface area contributed by atoms with Gasteiger partial charge in [0.1, 0.15) is 5.82 Å². The summed E-state index contributed by atoms with van der Waals surface area (Å²) in [5.74, 6) is 0.632. The van der Waals surface area contributed by atoms with E-state index in [0.29, 0.717) is 18.8 Å². The molecule has 4 aromatic rings. The number of anilines is 1. The summed E-state index contributed by atoms with van der Waals surface area (Å²) in [6, 6.07) is 31.7. The summed E-state index contributed by atoms with van der Waals surface area (Å²) in [6.07, 6.45) is 0.302. The van der Waals surface area contributed by atoms with E-state index in [0.717, 1.165) is 22.4 Å². The topological polar surface area (TPSA) is 46.9 Å². The molecule has 3 aromatic carbocycles. The molecule has 1 N–H and O–H groups in total. The van der Waals surface area contributed by atoms with Crippen LogP contribution < -0.4 is 5.32 Å². The number of carbonyl (C=O) groups excluding carboxylic acids is 1. The Kier molecular flexibility index (Phi) is 5.29. The third-order valence-electron chi connectivity index (χ3n) is 4.53. The van der Waals surface area contributed by atoms with E-state index in [1.807, 2.05) is 84.9 Å². The Morgan fingerprint density at radius 1 is 0.786 bits per heavy atom. The Morgan fingerprint density at radius 2 is 1.36 bits per heavy atom. The van der Waals surface area contributed by atoms with Crippen molar-refractivity contribution in [2.24, 2.45) is 0 Å². The van der Waals surface area contributed by atoms with Crippen LogP contribution in [0.5, 0.6) is 0 Å². The van der Waals surface area contributed by atoms with Gasteiger partial charge in [0.05, 0.1) is 12.1 Å². The lowest BCUT2D eigenvalue weighted by Crippen LogP contribution is -2.18. The van der Waals surface area contributed by atoms with Crippen molar-refractivity contribution in [1.82, 2.24) is 9.78 Å². The van der Waals surface area contributed by atoms with Crippen molar-refractivity contribution in [2.45, 2.75) is 13.0 Å². The highest BCUT2D eigenvalue weighted by atomic mass is 16.2. The number of benzene rings is 3. The number of hydrogen-bond donors (Lipinski definition) is 1. The van der Waals surface area contributed by atoms with Crippen LogP contribution in [-0.2, 0) is 13.0 Å². The smallest absolute Gasteiger partial charge is 0.253 e. The standard InChI is InChI=1S/C24H21N3O/c28-24(16-19-10-4-1-5-11-19)27-23(25-18-20-12-6-2-7-13-20)17-22(26-27)21-14-8-3-9-15-21/h1-15,17,25H,16,18H2. The molecular formula is C24H21N3O. The third-order valence-corrected chi connectivity index (χ3v) is 4.53. The van der Waals surface area contributed by atoms with Gasteiger partial charge in [-0.15, -0.1) is 0 Å². The first-order valence-corrected chi connectivity index (χ1v) is 9.30. The van der Waals surface area contributed by atoms with Gasteiger partial charge < -0.3 is 5.32 Å². The molecule has 4 nitrogen and oxygen atoms in total. The molecule has 1 heterocycles. The van der Waals surface area contributed by atoms with Crippen LogP contribution in [0, 0.1) is 0 Å². The summed E-state index contributed by atoms with van der Waals surface area (Å²) < 4.78 is 1.48. The summed E-state index contributed by atoms with van der Waals surface area (Å²) >= 11 is 0. The van der Waals surface area contributed by atoms with Crippen molar-refractivity contribution in [3.63, 3.8) is 0 Å². The van der Waals surface area contributed by atoms with Crippen LogP contribution in [0.1, 0.15) is 15.9 Å². The second-order valence-corrected chi connectivity index (χ2v) is 6.59. The molecule has 0 unspecified atom stereocenters. The normalized spacial score (nSPS) is 10.6. The largest absolute Gasteiger partial charge is 0.366 e. The first-order chi connectivity index (χ1) is 13.8. The maximum Gasteiger partial charge on any atom is 0.253 e. The van der Waals surface area contributed by atoms with E-state index in [-0.39, 0.29) is 5.91 Å². The van der Waals surface area contributed by atoms with Crippen molar-refractivity contribution < 1.29 is 4.79 Å². The maximum absolute atomic E-state index is 13.0. The van der Waals surface area contributed by atoms with Crippen LogP contribution in [0.4, 0.5) is 5.82 Å². The first kappa shape index (κ1) is 17.7. The van der Waals surface area contributed by atoms with E-state index in [1.54, 1.807) is 0 Å². The van der Waals surface area contributed by atoms with Crippen LogP contribution in [0.3, 0.4) is 0 Å². The molecule has 28 heavy (non-hydrogen) atoms. The fourth-order valence-electron chi connectivity index (χ4n) is 3.08. The van der Waals surface area contributed by atoms with E-state index in [4.69, 9.17) is 0 Å². The lowest BCUT2D eigenvalue weighted by molar-refractivity contribution is 0.0901. The molecule has 0 atom stereocenters. The SMILES string of the molecule is O=C(Cc1ccccc1)n1nc(-c2ccccc2)cc1NCc1ccccc1. The maximum atomic E-state index is 13.0. The molecular weight excluding hydrogens is 346 g/mol. The predicted molar refractivity (Wildman–Crippen MR) is 112 cm³/mol. The van der Waals surface area contributed by atoms with Gasteiger partial charge in [0.2, 0.25) is 0 Å². The highest BCUT2D eigenvalue weighted by molar-refractivity contribution is 5.85. The molecule has 0 radical (unpaired) electrons. The lowest BCUT2D eigenvalue weighted by atomic mass is 10.1. The fourth-order valence-corrected chi connectivity index (χ4v) is 3.08. The molecule has 0 aliphatic heterocycles. The second kappa shape index (κ2) is 8.35. The predicted octanol–water partition coefficient (Wildman–Crippen LogP) is 5.05. The van der Waals surface area contributed by atoms with Gasteiger partial charge >= 0.3 is 0 Å². The van der Waals surface area contributed by atoms with Gasteiger partial charge in [-0.2, -0.15) is 9.78 Å². The van der Waals surface area contributed by atoms with Crippen molar-refractivity contribution in [3.05, 3.63) is 108 Å². The zero-order chi connectivity index (χ0) is 19.2.